The fourth-order valence-corrected chi connectivity index (χ4v) is 7.38. The van der Waals surface area contributed by atoms with Crippen molar-refractivity contribution in [2.45, 2.75) is 26.7 Å². The molecule has 0 fully saturated rings. The van der Waals surface area contributed by atoms with Gasteiger partial charge in [0.25, 0.3) is 11.8 Å². The molecule has 0 aliphatic carbocycles. The average molecular weight is 825 g/mol. The maximum atomic E-state index is 14.1. The average Bonchev–Trinajstić information content (AvgIpc) is 3.88. The number of hydrogen-bond acceptors (Lipinski definition) is 12. The van der Waals surface area contributed by atoms with Crippen LogP contribution in [0.4, 0.5) is 22.7 Å². The Bertz CT molecular complexity index is 2670. The Morgan fingerprint density at radius 3 is 1.41 bits per heavy atom. The van der Waals surface area contributed by atoms with E-state index >= 15 is 0 Å². The molecule has 6 aromatic rings. The summed E-state index contributed by atoms with van der Waals surface area (Å²) in [4.78, 5) is 57.6. The molecule has 17 heteroatoms. The summed E-state index contributed by atoms with van der Waals surface area (Å²) in [6, 6.07) is 27.0. The fraction of sp³-hybridized carbons (Fsp3) is 0.227. The van der Waals surface area contributed by atoms with E-state index in [2.05, 4.69) is 15.3 Å². The number of anilines is 2. The third-order valence-corrected chi connectivity index (χ3v) is 10.4. The largest absolute Gasteiger partial charge is 0.594 e. The highest BCUT2D eigenvalue weighted by atomic mass is 16.5. The standard InChI is InChI=1S/C44H40N8O9/c1-5-60-43(55)37-35-23-25-48(41(53)39(35)50(46-37)30-15-19-33(58-3)20-16-30)28-9-7-27(8-10-28)45-52(57)32-13-11-29(12-14-32)49-26-24-36-38(44(56)61-6-2)47-51(40(36)42(49)54)31-17-21-34(59-4)22-18-31/h7-22H,5-6,23-26H2,1-4H3. The second kappa shape index (κ2) is 16.8. The summed E-state index contributed by atoms with van der Waals surface area (Å²) in [6.07, 6.45) is 0.699. The molecule has 8 rings (SSSR count). The van der Waals surface area contributed by atoms with Crippen LogP contribution in [0, 0.1) is 5.21 Å². The van der Waals surface area contributed by atoms with Gasteiger partial charge in [0.05, 0.1) is 38.8 Å². The lowest BCUT2D eigenvalue weighted by Crippen LogP contribution is -2.39. The number of aromatic nitrogens is 4. The van der Waals surface area contributed by atoms with Crippen LogP contribution in [0.1, 0.15) is 66.9 Å². The van der Waals surface area contributed by atoms with Crippen LogP contribution >= 0.6 is 0 Å². The Labute approximate surface area is 349 Å². The quantitative estimate of drug-likeness (QED) is 0.0550. The van der Waals surface area contributed by atoms with Crippen LogP contribution < -0.4 is 19.3 Å². The Kier molecular flexibility index (Phi) is 11.0. The topological polar surface area (TPSA) is 186 Å². The lowest BCUT2D eigenvalue weighted by molar-refractivity contribution is -0.435. The van der Waals surface area contributed by atoms with Gasteiger partial charge in [0.15, 0.2) is 11.4 Å². The normalized spacial score (nSPS) is 13.7. The van der Waals surface area contributed by atoms with Crippen LogP contribution in [0.3, 0.4) is 0 Å². The van der Waals surface area contributed by atoms with Gasteiger partial charge < -0.3 is 34.0 Å². The van der Waals surface area contributed by atoms with E-state index in [1.54, 1.807) is 135 Å². The maximum Gasteiger partial charge on any atom is 0.359 e. The number of carbonyl (C=O) groups excluding carboxylic acids is 4. The Balaban J connectivity index is 1.01. The maximum absolute atomic E-state index is 14.1. The van der Waals surface area contributed by atoms with Crippen molar-refractivity contribution in [1.82, 2.24) is 19.6 Å². The number of fused-ring (bicyclic) bond motifs is 2. The summed E-state index contributed by atoms with van der Waals surface area (Å²) in [5.41, 5.74) is 4.46. The van der Waals surface area contributed by atoms with Crippen molar-refractivity contribution < 1.29 is 43.0 Å². The number of benzene rings is 4. The molecule has 2 aromatic heterocycles. The minimum absolute atomic E-state index is 0.0890. The molecule has 2 aliphatic heterocycles. The minimum atomic E-state index is -0.607. The molecule has 61 heavy (non-hydrogen) atoms. The molecule has 0 N–H and O–H groups in total. The van der Waals surface area contributed by atoms with Gasteiger partial charge in [-0.1, -0.05) is 4.86 Å². The van der Waals surface area contributed by atoms with E-state index in [0.717, 1.165) is 0 Å². The number of carbonyl (C=O) groups is 4. The predicted octanol–water partition coefficient (Wildman–Crippen LogP) is 6.76. The zero-order chi connectivity index (χ0) is 42.8. The van der Waals surface area contributed by atoms with Crippen molar-refractivity contribution in [1.29, 1.82) is 0 Å². The van der Waals surface area contributed by atoms with E-state index in [-0.39, 0.29) is 66.6 Å². The second-order valence-corrected chi connectivity index (χ2v) is 13.8. The van der Waals surface area contributed by atoms with Gasteiger partial charge in [-0.3, -0.25) is 9.59 Å². The molecule has 4 aromatic carbocycles. The molecule has 2 amide bonds. The van der Waals surface area contributed by atoms with Gasteiger partial charge in [-0.25, -0.2) is 19.0 Å². The fourth-order valence-electron chi connectivity index (χ4n) is 7.38. The third kappa shape index (κ3) is 7.52. The van der Waals surface area contributed by atoms with Gasteiger partial charge in [-0.05, 0) is 112 Å². The van der Waals surface area contributed by atoms with Crippen molar-refractivity contribution in [3.8, 4) is 22.9 Å². The van der Waals surface area contributed by atoms with Crippen molar-refractivity contribution in [3.63, 3.8) is 0 Å². The molecular formula is C44H40N8O9. The van der Waals surface area contributed by atoms with E-state index in [9.17, 15) is 24.4 Å². The molecule has 0 unspecified atom stereocenters. The molecule has 0 saturated heterocycles. The first-order valence-corrected chi connectivity index (χ1v) is 19.5. The highest BCUT2D eigenvalue weighted by Crippen LogP contribution is 2.33. The van der Waals surface area contributed by atoms with Crippen molar-refractivity contribution >= 4 is 46.5 Å². The number of esters is 2. The van der Waals surface area contributed by atoms with Gasteiger partial charge in [0.2, 0.25) is 5.69 Å². The highest BCUT2D eigenvalue weighted by molar-refractivity contribution is 6.10. The lowest BCUT2D eigenvalue weighted by Gasteiger charge is -2.27. The summed E-state index contributed by atoms with van der Waals surface area (Å²) in [7, 11) is 3.11. The zero-order valence-electron chi connectivity index (χ0n) is 33.7. The Morgan fingerprint density at radius 1 is 0.623 bits per heavy atom. The monoisotopic (exact) mass is 824 g/mol. The minimum Gasteiger partial charge on any atom is -0.594 e. The molecule has 0 radical (unpaired) electrons. The van der Waals surface area contributed by atoms with E-state index in [0.29, 0.717) is 68.8 Å². The lowest BCUT2D eigenvalue weighted by atomic mass is 10.0. The highest BCUT2D eigenvalue weighted by Gasteiger charge is 2.37. The number of rotatable bonds is 12. The smallest absolute Gasteiger partial charge is 0.359 e. The Morgan fingerprint density at radius 2 is 1.02 bits per heavy atom. The van der Waals surface area contributed by atoms with Crippen LogP contribution in [0.5, 0.6) is 11.5 Å². The number of ether oxygens (including phenoxy) is 4. The van der Waals surface area contributed by atoms with E-state index in [1.807, 2.05) is 0 Å². The van der Waals surface area contributed by atoms with Gasteiger partial charge in [-0.15, -0.1) is 0 Å². The first kappa shape index (κ1) is 40.0. The van der Waals surface area contributed by atoms with Gasteiger partial charge in [0, 0.05) is 52.8 Å². The molecule has 4 heterocycles. The summed E-state index contributed by atoms with van der Waals surface area (Å²) in [5.74, 6) is -0.694. The SMILES string of the molecule is CCOC(=O)c1nn(-c2ccc(OC)cc2)c2c1CCN(c1ccc(N=[N+]([O-])c3ccc(N4CCc5c(C(=O)OCC)nn(-c6ccc(OC)cc6)c5C4=O)cc3)cc1)C2=O. The molecule has 0 spiro atoms. The van der Waals surface area contributed by atoms with E-state index in [4.69, 9.17) is 18.9 Å². The molecule has 0 atom stereocenters. The number of amides is 2. The first-order chi connectivity index (χ1) is 29.6. The van der Waals surface area contributed by atoms with Crippen LogP contribution in [-0.2, 0) is 22.3 Å². The van der Waals surface area contributed by atoms with Crippen LogP contribution in [-0.4, -0.2) is 88.7 Å². The predicted molar refractivity (Wildman–Crippen MR) is 221 cm³/mol. The van der Waals surface area contributed by atoms with Crippen molar-refractivity contribution in [2.24, 2.45) is 5.11 Å². The molecule has 0 saturated carbocycles. The van der Waals surface area contributed by atoms with Crippen LogP contribution in [0.15, 0.2) is 102 Å². The van der Waals surface area contributed by atoms with Crippen LogP contribution in [0.2, 0.25) is 0 Å². The summed E-state index contributed by atoms with van der Waals surface area (Å²) >= 11 is 0. The van der Waals surface area contributed by atoms with Gasteiger partial charge in [-0.2, -0.15) is 10.2 Å². The molecule has 2 aliphatic rings. The summed E-state index contributed by atoms with van der Waals surface area (Å²) in [6.45, 7) is 4.27. The second-order valence-electron chi connectivity index (χ2n) is 13.8. The molecular weight excluding hydrogens is 785 g/mol. The number of nitrogens with zero attached hydrogens (tertiary/aromatic N) is 8. The van der Waals surface area contributed by atoms with Crippen molar-refractivity contribution in [3.05, 3.63) is 136 Å². The zero-order valence-corrected chi connectivity index (χ0v) is 33.7. The third-order valence-electron chi connectivity index (χ3n) is 10.4. The Hall–Kier alpha value is -7.82. The molecule has 0 bridgehead atoms. The summed E-state index contributed by atoms with van der Waals surface area (Å²) < 4.78 is 24.0. The molecule has 310 valence electrons. The summed E-state index contributed by atoms with van der Waals surface area (Å²) in [5, 5.41) is 26.5. The van der Waals surface area contributed by atoms with Crippen LogP contribution in [0.25, 0.3) is 11.4 Å². The van der Waals surface area contributed by atoms with Gasteiger partial charge >= 0.3 is 11.9 Å². The number of azo groups is 1. The van der Waals surface area contributed by atoms with Crippen molar-refractivity contribution in [2.75, 3.05) is 50.3 Å². The van der Waals surface area contributed by atoms with E-state index in [1.165, 1.54) is 9.36 Å². The van der Waals surface area contributed by atoms with E-state index < -0.39 is 11.9 Å². The first-order valence-electron chi connectivity index (χ1n) is 19.5. The number of hydrogen-bond donors (Lipinski definition) is 0. The number of methoxy groups -OCH3 is 2. The molecule has 17 nitrogen and oxygen atoms in total. The van der Waals surface area contributed by atoms with Gasteiger partial charge in [0.1, 0.15) is 28.6 Å².